The van der Waals surface area contributed by atoms with Crippen molar-refractivity contribution in [1.29, 1.82) is 0 Å². The number of fused-ring (bicyclic) bond motifs is 1. The Morgan fingerprint density at radius 1 is 1.29 bits per heavy atom. The highest BCUT2D eigenvalue weighted by Crippen LogP contribution is 2.18. The Kier molecular flexibility index (Phi) is 6.74. The molecule has 0 unspecified atom stereocenters. The lowest BCUT2D eigenvalue weighted by molar-refractivity contribution is -0.116. The van der Waals surface area contributed by atoms with Crippen LogP contribution < -0.4 is 5.32 Å². The van der Waals surface area contributed by atoms with E-state index in [9.17, 15) is 4.79 Å². The molecule has 0 bridgehead atoms. The zero-order chi connectivity index (χ0) is 21.5. The number of aromatic nitrogens is 3. The normalized spacial score (nSPS) is 15.5. The number of hydrogen-bond donors (Lipinski definition) is 2. The average Bonchev–Trinajstić information content (AvgIpc) is 3.27. The van der Waals surface area contributed by atoms with Gasteiger partial charge in [0.05, 0.1) is 12.2 Å². The SMILES string of the molecule is C/C=C(\C=C/N(C=O)Cc1ccc2[nH]ccc2c1)c1ccnc(NC2CCOCC2)n1. The average molecular weight is 418 g/mol. The quantitative estimate of drug-likeness (QED) is 0.425. The monoisotopic (exact) mass is 417 g/mol. The molecule has 1 saturated heterocycles. The minimum absolute atomic E-state index is 0.330. The number of anilines is 1. The number of nitrogens with zero attached hydrogens (tertiary/aromatic N) is 3. The van der Waals surface area contributed by atoms with E-state index in [1.165, 1.54) is 0 Å². The van der Waals surface area contributed by atoms with Crippen molar-refractivity contribution in [2.75, 3.05) is 18.5 Å². The second-order valence-corrected chi connectivity index (χ2v) is 7.53. The van der Waals surface area contributed by atoms with Gasteiger partial charge in [0.1, 0.15) is 0 Å². The summed E-state index contributed by atoms with van der Waals surface area (Å²) in [5.74, 6) is 0.615. The highest BCUT2D eigenvalue weighted by atomic mass is 16.5. The summed E-state index contributed by atoms with van der Waals surface area (Å²) >= 11 is 0. The molecular formula is C24H27N5O2. The van der Waals surface area contributed by atoms with Crippen LogP contribution in [0.5, 0.6) is 0 Å². The van der Waals surface area contributed by atoms with Gasteiger partial charge in [0.2, 0.25) is 12.4 Å². The van der Waals surface area contributed by atoms with Crippen LogP contribution in [-0.4, -0.2) is 45.5 Å². The van der Waals surface area contributed by atoms with E-state index in [2.05, 4.69) is 26.3 Å². The van der Waals surface area contributed by atoms with Gasteiger partial charge < -0.3 is 19.9 Å². The summed E-state index contributed by atoms with van der Waals surface area (Å²) in [6, 6.07) is 10.4. The van der Waals surface area contributed by atoms with Gasteiger partial charge in [-0.1, -0.05) is 12.1 Å². The van der Waals surface area contributed by atoms with Gasteiger partial charge in [0, 0.05) is 43.4 Å². The number of carbonyl (C=O) groups is 1. The van der Waals surface area contributed by atoms with Gasteiger partial charge in [-0.05, 0) is 66.6 Å². The number of aromatic amines is 1. The predicted molar refractivity (Wildman–Crippen MR) is 122 cm³/mol. The van der Waals surface area contributed by atoms with Crippen LogP contribution >= 0.6 is 0 Å². The maximum absolute atomic E-state index is 11.6. The van der Waals surface area contributed by atoms with Gasteiger partial charge in [0.25, 0.3) is 0 Å². The molecule has 0 spiro atoms. The van der Waals surface area contributed by atoms with Crippen LogP contribution in [-0.2, 0) is 16.1 Å². The molecule has 4 rings (SSSR count). The van der Waals surface area contributed by atoms with Crippen molar-refractivity contribution < 1.29 is 9.53 Å². The molecule has 0 saturated carbocycles. The topological polar surface area (TPSA) is 83.1 Å². The van der Waals surface area contributed by atoms with Gasteiger partial charge >= 0.3 is 0 Å². The van der Waals surface area contributed by atoms with Gasteiger partial charge in [-0.3, -0.25) is 4.79 Å². The van der Waals surface area contributed by atoms with Crippen LogP contribution in [0.15, 0.2) is 61.1 Å². The molecule has 1 amide bonds. The van der Waals surface area contributed by atoms with Crippen LogP contribution in [0.4, 0.5) is 5.95 Å². The van der Waals surface area contributed by atoms with Crippen LogP contribution in [0.1, 0.15) is 31.0 Å². The molecule has 2 N–H and O–H groups in total. The van der Waals surface area contributed by atoms with Crippen molar-refractivity contribution in [1.82, 2.24) is 19.9 Å². The highest BCUT2D eigenvalue weighted by Gasteiger charge is 2.14. The number of benzene rings is 1. The Balaban J connectivity index is 1.44. The number of allylic oxidation sites excluding steroid dienone is 3. The van der Waals surface area contributed by atoms with E-state index in [-0.39, 0.29) is 0 Å². The molecule has 2 aromatic heterocycles. The summed E-state index contributed by atoms with van der Waals surface area (Å²) in [5, 5.41) is 4.53. The van der Waals surface area contributed by atoms with Gasteiger partial charge in [-0.25, -0.2) is 9.97 Å². The van der Waals surface area contributed by atoms with Crippen LogP contribution in [0, 0.1) is 0 Å². The summed E-state index contributed by atoms with van der Waals surface area (Å²) < 4.78 is 5.41. The van der Waals surface area contributed by atoms with Crippen molar-refractivity contribution in [3.63, 3.8) is 0 Å². The highest BCUT2D eigenvalue weighted by molar-refractivity contribution is 5.80. The Bertz CT molecular complexity index is 1080. The molecule has 0 atom stereocenters. The summed E-state index contributed by atoms with van der Waals surface area (Å²) in [6.07, 6.45) is 12.1. The Hall–Kier alpha value is -3.45. The largest absolute Gasteiger partial charge is 0.381 e. The first-order valence-corrected chi connectivity index (χ1v) is 10.5. The van der Waals surface area contributed by atoms with E-state index >= 15 is 0 Å². The van der Waals surface area contributed by atoms with Gasteiger partial charge in [-0.15, -0.1) is 0 Å². The fraction of sp³-hybridized carbons (Fsp3) is 0.292. The molecule has 7 heteroatoms. The molecule has 0 radical (unpaired) electrons. The van der Waals surface area contributed by atoms with Crippen LogP contribution in [0.2, 0.25) is 0 Å². The van der Waals surface area contributed by atoms with E-state index in [0.29, 0.717) is 18.5 Å². The number of amides is 1. The van der Waals surface area contributed by atoms with Crippen molar-refractivity contribution in [3.05, 3.63) is 72.3 Å². The summed E-state index contributed by atoms with van der Waals surface area (Å²) in [6.45, 7) is 3.98. The van der Waals surface area contributed by atoms with Crippen molar-refractivity contribution in [3.8, 4) is 0 Å². The molecular weight excluding hydrogens is 390 g/mol. The molecule has 31 heavy (non-hydrogen) atoms. The van der Waals surface area contributed by atoms with E-state index < -0.39 is 0 Å². The standard InChI is InChI=1S/C24H27N5O2/c1-2-19(23-6-11-26-24(28-23)27-21-8-13-31-14-9-21)7-12-29(17-30)16-18-3-4-22-20(15-18)5-10-25-22/h2-7,10-12,15,17,21,25H,8-9,13-14,16H2,1H3,(H,26,27,28)/b12-7-,19-2+. The minimum atomic E-state index is 0.330. The van der Waals surface area contributed by atoms with E-state index in [1.54, 1.807) is 17.3 Å². The third-order valence-electron chi connectivity index (χ3n) is 5.38. The number of H-pyrrole nitrogens is 1. The molecule has 1 fully saturated rings. The molecule has 1 aliphatic rings. The molecule has 0 aliphatic carbocycles. The van der Waals surface area contributed by atoms with E-state index in [0.717, 1.165) is 60.2 Å². The lowest BCUT2D eigenvalue weighted by Crippen LogP contribution is -2.28. The van der Waals surface area contributed by atoms with E-state index in [1.807, 2.05) is 49.5 Å². The first-order valence-electron chi connectivity index (χ1n) is 10.5. The molecule has 3 heterocycles. The van der Waals surface area contributed by atoms with Crippen LogP contribution in [0.25, 0.3) is 16.5 Å². The first kappa shape index (κ1) is 20.8. The summed E-state index contributed by atoms with van der Waals surface area (Å²) in [7, 11) is 0. The first-order chi connectivity index (χ1) is 15.2. The lowest BCUT2D eigenvalue weighted by atomic mass is 10.1. The number of nitrogens with one attached hydrogen (secondary N) is 2. The van der Waals surface area contributed by atoms with Crippen molar-refractivity contribution >= 4 is 28.8 Å². The van der Waals surface area contributed by atoms with Crippen molar-refractivity contribution in [2.45, 2.75) is 32.4 Å². The van der Waals surface area contributed by atoms with Crippen molar-refractivity contribution in [2.24, 2.45) is 0 Å². The Morgan fingerprint density at radius 2 is 2.16 bits per heavy atom. The molecule has 3 aromatic rings. The smallest absolute Gasteiger partial charge is 0.223 e. The fourth-order valence-corrected chi connectivity index (χ4v) is 3.66. The summed E-state index contributed by atoms with van der Waals surface area (Å²) in [5.41, 5.74) is 3.88. The second kappa shape index (κ2) is 10.0. The maximum Gasteiger partial charge on any atom is 0.223 e. The van der Waals surface area contributed by atoms with E-state index in [4.69, 9.17) is 4.74 Å². The third-order valence-corrected chi connectivity index (χ3v) is 5.38. The second-order valence-electron chi connectivity index (χ2n) is 7.53. The molecule has 7 nitrogen and oxygen atoms in total. The minimum Gasteiger partial charge on any atom is -0.381 e. The number of hydrogen-bond acceptors (Lipinski definition) is 5. The van der Waals surface area contributed by atoms with Gasteiger partial charge in [0.15, 0.2) is 0 Å². The van der Waals surface area contributed by atoms with Gasteiger partial charge in [-0.2, -0.15) is 0 Å². The number of rotatable bonds is 8. The lowest BCUT2D eigenvalue weighted by Gasteiger charge is -2.23. The van der Waals surface area contributed by atoms with Crippen LogP contribution in [0.3, 0.4) is 0 Å². The maximum atomic E-state index is 11.6. The fourth-order valence-electron chi connectivity index (χ4n) is 3.66. The number of ether oxygens (including phenoxy) is 1. The zero-order valence-corrected chi connectivity index (χ0v) is 17.6. The predicted octanol–water partition coefficient (Wildman–Crippen LogP) is 4.12. The molecule has 1 aliphatic heterocycles. The molecule has 160 valence electrons. The number of carbonyl (C=O) groups excluding carboxylic acids is 1. The molecule has 1 aromatic carbocycles. The Labute approximate surface area is 181 Å². The third kappa shape index (κ3) is 5.38. The zero-order valence-electron chi connectivity index (χ0n) is 17.6. The Morgan fingerprint density at radius 3 is 2.97 bits per heavy atom. The summed E-state index contributed by atoms with van der Waals surface area (Å²) in [4.78, 5) is 25.5.